The van der Waals surface area contributed by atoms with Crippen molar-refractivity contribution in [3.05, 3.63) is 75.6 Å². The van der Waals surface area contributed by atoms with E-state index in [4.69, 9.17) is 0 Å². The molecule has 0 bridgehead atoms. The van der Waals surface area contributed by atoms with Gasteiger partial charge in [-0.3, -0.25) is 9.59 Å². The van der Waals surface area contributed by atoms with E-state index in [1.807, 2.05) is 63.2 Å². The highest BCUT2D eigenvalue weighted by Crippen LogP contribution is 2.20. The molecule has 0 saturated carbocycles. The van der Waals surface area contributed by atoms with Crippen LogP contribution in [0.25, 0.3) is 10.9 Å². The van der Waals surface area contributed by atoms with Crippen molar-refractivity contribution < 1.29 is 4.79 Å². The number of hydrogen-bond acceptors (Lipinski definition) is 2. The fourth-order valence-electron chi connectivity index (χ4n) is 3.16. The lowest BCUT2D eigenvalue weighted by molar-refractivity contribution is -0.116. The summed E-state index contributed by atoms with van der Waals surface area (Å²) in [6.07, 6.45) is 0.251. The second-order valence-corrected chi connectivity index (χ2v) is 6.40. The first-order valence-electron chi connectivity index (χ1n) is 8.42. The number of nitrogens with zero attached hydrogens (tertiary/aromatic N) is 1. The number of carbonyl (C=O) groups is 1. The van der Waals surface area contributed by atoms with Gasteiger partial charge in [0, 0.05) is 30.1 Å². The Kier molecular flexibility index (Phi) is 4.70. The number of fused-ring (bicyclic) bond motifs is 1. The molecule has 0 atom stereocenters. The molecular formula is C21H22N2O2. The summed E-state index contributed by atoms with van der Waals surface area (Å²) in [5, 5.41) is 4.01. The molecular weight excluding hydrogens is 312 g/mol. The summed E-state index contributed by atoms with van der Waals surface area (Å²) >= 11 is 0. The van der Waals surface area contributed by atoms with Crippen molar-refractivity contribution in [3.63, 3.8) is 0 Å². The Balaban J connectivity index is 1.81. The molecule has 4 heteroatoms. The third-order valence-corrected chi connectivity index (χ3v) is 4.53. The van der Waals surface area contributed by atoms with E-state index in [0.29, 0.717) is 6.54 Å². The van der Waals surface area contributed by atoms with E-state index in [-0.39, 0.29) is 17.9 Å². The van der Waals surface area contributed by atoms with Crippen LogP contribution < -0.4 is 10.9 Å². The average molecular weight is 334 g/mol. The minimum absolute atomic E-state index is 0.0731. The molecule has 4 nitrogen and oxygen atoms in total. The minimum Gasteiger partial charge on any atom is -0.326 e. The Labute approximate surface area is 147 Å². The summed E-state index contributed by atoms with van der Waals surface area (Å²) in [4.78, 5) is 24.7. The van der Waals surface area contributed by atoms with Gasteiger partial charge in [-0.05, 0) is 43.5 Å². The first-order chi connectivity index (χ1) is 12.0. The number of pyridine rings is 1. The van der Waals surface area contributed by atoms with Gasteiger partial charge in [-0.1, -0.05) is 36.4 Å². The number of nitrogens with one attached hydrogen (secondary N) is 1. The maximum Gasteiger partial charge on any atom is 0.251 e. The van der Waals surface area contributed by atoms with E-state index in [1.165, 1.54) is 0 Å². The zero-order valence-corrected chi connectivity index (χ0v) is 14.8. The normalized spacial score (nSPS) is 10.8. The van der Waals surface area contributed by atoms with Gasteiger partial charge >= 0.3 is 0 Å². The van der Waals surface area contributed by atoms with Crippen molar-refractivity contribution in [1.29, 1.82) is 0 Å². The van der Waals surface area contributed by atoms with Crippen LogP contribution in [-0.2, 0) is 11.3 Å². The lowest BCUT2D eigenvalue weighted by Crippen LogP contribution is -2.23. The zero-order chi connectivity index (χ0) is 18.0. The Morgan fingerprint density at radius 1 is 0.960 bits per heavy atom. The lowest BCUT2D eigenvalue weighted by Gasteiger charge is -2.14. The van der Waals surface area contributed by atoms with E-state index < -0.39 is 0 Å². The number of aryl methyl sites for hydroxylation is 4. The lowest BCUT2D eigenvalue weighted by atomic mass is 10.1. The molecule has 3 aromatic rings. The molecule has 1 aromatic heterocycles. The largest absolute Gasteiger partial charge is 0.326 e. The second kappa shape index (κ2) is 6.93. The van der Waals surface area contributed by atoms with Crippen molar-refractivity contribution in [2.24, 2.45) is 0 Å². The van der Waals surface area contributed by atoms with Gasteiger partial charge in [-0.25, -0.2) is 0 Å². The molecule has 0 aliphatic rings. The van der Waals surface area contributed by atoms with Gasteiger partial charge in [0.25, 0.3) is 5.56 Å². The van der Waals surface area contributed by atoms with Crippen LogP contribution in [0.4, 0.5) is 5.69 Å². The monoisotopic (exact) mass is 334 g/mol. The Hall–Kier alpha value is -2.88. The number of anilines is 1. The SMILES string of the molecule is Cc1cccc(C)c1NC(=O)CCn1c(=O)cc(C)c2ccccc21. The topological polar surface area (TPSA) is 51.1 Å². The van der Waals surface area contributed by atoms with Crippen LogP contribution in [0, 0.1) is 20.8 Å². The summed E-state index contributed by atoms with van der Waals surface area (Å²) in [5.41, 5.74) is 4.67. The summed E-state index contributed by atoms with van der Waals surface area (Å²) in [7, 11) is 0. The van der Waals surface area contributed by atoms with Crippen LogP contribution in [0.2, 0.25) is 0 Å². The first kappa shape index (κ1) is 17.0. The van der Waals surface area contributed by atoms with Crippen LogP contribution in [0.3, 0.4) is 0 Å². The fraction of sp³-hybridized carbons (Fsp3) is 0.238. The third kappa shape index (κ3) is 3.48. The van der Waals surface area contributed by atoms with E-state index in [2.05, 4.69) is 5.32 Å². The highest BCUT2D eigenvalue weighted by atomic mass is 16.1. The van der Waals surface area contributed by atoms with Gasteiger partial charge in [-0.15, -0.1) is 0 Å². The number of benzene rings is 2. The average Bonchev–Trinajstić information content (AvgIpc) is 2.58. The highest BCUT2D eigenvalue weighted by Gasteiger charge is 2.10. The van der Waals surface area contributed by atoms with Crippen LogP contribution in [0.15, 0.2) is 53.3 Å². The summed E-state index contributed by atoms with van der Waals surface area (Å²) in [6.45, 7) is 6.24. The second-order valence-electron chi connectivity index (χ2n) is 6.40. The van der Waals surface area contributed by atoms with Crippen LogP contribution in [0.5, 0.6) is 0 Å². The molecule has 25 heavy (non-hydrogen) atoms. The predicted molar refractivity (Wildman–Crippen MR) is 102 cm³/mol. The smallest absolute Gasteiger partial charge is 0.251 e. The highest BCUT2D eigenvalue weighted by molar-refractivity contribution is 5.92. The van der Waals surface area contributed by atoms with Gasteiger partial charge < -0.3 is 9.88 Å². The molecule has 0 fully saturated rings. The Morgan fingerprint density at radius 3 is 2.36 bits per heavy atom. The van der Waals surface area contributed by atoms with E-state index in [1.54, 1.807) is 10.6 Å². The fourth-order valence-corrected chi connectivity index (χ4v) is 3.16. The van der Waals surface area contributed by atoms with Crippen LogP contribution in [-0.4, -0.2) is 10.5 Å². The van der Waals surface area contributed by atoms with E-state index >= 15 is 0 Å². The molecule has 0 aliphatic heterocycles. The number of aromatic nitrogens is 1. The molecule has 1 amide bonds. The molecule has 0 saturated heterocycles. The Bertz CT molecular complexity index is 982. The molecule has 1 heterocycles. The van der Waals surface area contributed by atoms with Crippen molar-refractivity contribution in [2.45, 2.75) is 33.7 Å². The van der Waals surface area contributed by atoms with E-state index in [9.17, 15) is 9.59 Å². The van der Waals surface area contributed by atoms with Gasteiger partial charge in [0.1, 0.15) is 0 Å². The van der Waals surface area contributed by atoms with Crippen molar-refractivity contribution in [2.75, 3.05) is 5.32 Å². The number of amides is 1. The van der Waals surface area contributed by atoms with Crippen LogP contribution >= 0.6 is 0 Å². The van der Waals surface area contributed by atoms with Crippen molar-refractivity contribution in [3.8, 4) is 0 Å². The summed E-state index contributed by atoms with van der Waals surface area (Å²) < 4.78 is 1.67. The molecule has 0 unspecified atom stereocenters. The van der Waals surface area contributed by atoms with Gasteiger partial charge in [0.15, 0.2) is 0 Å². The van der Waals surface area contributed by atoms with Crippen molar-refractivity contribution in [1.82, 2.24) is 4.57 Å². The number of rotatable bonds is 4. The summed E-state index contributed by atoms with van der Waals surface area (Å²) in [6, 6.07) is 15.3. The van der Waals surface area contributed by atoms with Crippen LogP contribution in [0.1, 0.15) is 23.1 Å². The predicted octanol–water partition coefficient (Wildman–Crippen LogP) is 3.96. The van der Waals surface area contributed by atoms with Gasteiger partial charge in [0.2, 0.25) is 5.91 Å². The molecule has 0 radical (unpaired) electrons. The molecule has 0 aliphatic carbocycles. The quantitative estimate of drug-likeness (QED) is 0.785. The molecule has 2 aromatic carbocycles. The maximum absolute atomic E-state index is 12.4. The number of hydrogen-bond donors (Lipinski definition) is 1. The summed E-state index contributed by atoms with van der Waals surface area (Å²) in [5.74, 6) is -0.0889. The molecule has 1 N–H and O–H groups in total. The molecule has 0 spiro atoms. The van der Waals surface area contributed by atoms with Gasteiger partial charge in [-0.2, -0.15) is 0 Å². The molecule has 3 rings (SSSR count). The zero-order valence-electron chi connectivity index (χ0n) is 14.8. The number of para-hydroxylation sites is 2. The van der Waals surface area contributed by atoms with E-state index in [0.717, 1.165) is 33.3 Å². The third-order valence-electron chi connectivity index (χ3n) is 4.53. The Morgan fingerprint density at radius 2 is 1.64 bits per heavy atom. The maximum atomic E-state index is 12.4. The minimum atomic E-state index is -0.0889. The van der Waals surface area contributed by atoms with Gasteiger partial charge in [0.05, 0.1) is 5.52 Å². The number of carbonyl (C=O) groups excluding carboxylic acids is 1. The van der Waals surface area contributed by atoms with Crippen molar-refractivity contribution >= 4 is 22.5 Å². The standard InChI is InChI=1S/C21H22N2O2/c1-14-7-6-8-15(2)21(14)22-19(24)11-12-23-18-10-5-4-9-17(18)16(3)13-20(23)25/h4-10,13H,11-12H2,1-3H3,(H,22,24). The molecule has 128 valence electrons. The first-order valence-corrected chi connectivity index (χ1v) is 8.42.